The maximum absolute atomic E-state index is 3.03. The van der Waals surface area contributed by atoms with Gasteiger partial charge in [-0.3, -0.25) is 0 Å². The molecule has 0 saturated heterocycles. The van der Waals surface area contributed by atoms with Gasteiger partial charge in [-0.05, 0) is 104 Å². The Balaban J connectivity index is 2.50. The quantitative estimate of drug-likeness (QED) is 0.186. The van der Waals surface area contributed by atoms with Crippen LogP contribution in [0.25, 0.3) is 0 Å². The molecule has 3 aromatic carbocycles. The lowest BCUT2D eigenvalue weighted by Gasteiger charge is -2.43. The van der Waals surface area contributed by atoms with Crippen molar-refractivity contribution >= 4 is 23.6 Å². The highest BCUT2D eigenvalue weighted by atomic mass is 28.3. The second-order valence-electron chi connectivity index (χ2n) is 23.4. The molecular weight excluding hydrogens is 641 g/mol. The predicted octanol–water partition coefficient (Wildman–Crippen LogP) is 12.8. The average Bonchev–Trinajstić information content (AvgIpc) is 3.46. The second kappa shape index (κ2) is 13.3. The molecule has 0 fully saturated rings. The summed E-state index contributed by atoms with van der Waals surface area (Å²) in [6, 6.07) is 23.5. The van der Waals surface area contributed by atoms with Crippen LogP contribution in [-0.2, 0) is 32.5 Å². The Morgan fingerprint density at radius 3 is 0.731 bits per heavy atom. The lowest BCUT2D eigenvalue weighted by atomic mass is 9.80. The fourth-order valence-corrected chi connectivity index (χ4v) is 13.1. The predicted molar refractivity (Wildman–Crippen MR) is 236 cm³/mol. The molecule has 0 atom stereocenters. The third-order valence-corrected chi connectivity index (χ3v) is 16.2. The molecule has 0 heterocycles. The highest BCUT2D eigenvalue weighted by Crippen LogP contribution is 2.42. The van der Waals surface area contributed by atoms with Crippen molar-refractivity contribution in [3.05, 3.63) is 111 Å². The Bertz CT molecular complexity index is 1580. The summed E-state index contributed by atoms with van der Waals surface area (Å²) in [7, 11) is -3.03. The van der Waals surface area contributed by atoms with E-state index in [4.69, 9.17) is 0 Å². The van der Waals surface area contributed by atoms with Crippen LogP contribution in [0.1, 0.15) is 185 Å². The fraction of sp³-hybridized carbons (Fsp3) is 0.569. The maximum Gasteiger partial charge on any atom is 0.179 e. The first-order valence-corrected chi connectivity index (χ1v) is 22.1. The molecule has 0 nitrogen and oxygen atoms in total. The minimum absolute atomic E-state index is 0.00192. The van der Waals surface area contributed by atoms with E-state index in [2.05, 4.69) is 212 Å². The molecule has 0 spiro atoms. The molecule has 284 valence electrons. The zero-order valence-electron chi connectivity index (χ0n) is 37.6. The zero-order valence-corrected chi connectivity index (χ0v) is 38.6. The number of hydrogen-bond donors (Lipinski definition) is 0. The Labute approximate surface area is 323 Å². The van der Waals surface area contributed by atoms with E-state index in [1.807, 2.05) is 0 Å². The molecule has 3 aromatic rings. The van der Waals surface area contributed by atoms with Crippen LogP contribution in [0.5, 0.6) is 0 Å². The smallest absolute Gasteiger partial charge is 0.0801 e. The summed E-state index contributed by atoms with van der Waals surface area (Å²) in [4.78, 5) is 0. The van der Waals surface area contributed by atoms with Crippen LogP contribution in [0.3, 0.4) is 0 Å². The molecule has 1 aliphatic rings. The van der Waals surface area contributed by atoms with Gasteiger partial charge < -0.3 is 0 Å². The van der Waals surface area contributed by atoms with Crippen LogP contribution < -0.4 is 15.6 Å². The largest absolute Gasteiger partial charge is 0.179 e. The van der Waals surface area contributed by atoms with Crippen molar-refractivity contribution in [3.8, 4) is 0 Å². The van der Waals surface area contributed by atoms with Gasteiger partial charge in [0.25, 0.3) is 0 Å². The second-order valence-corrected chi connectivity index (χ2v) is 27.1. The molecule has 0 saturated carbocycles. The Kier molecular flexibility index (Phi) is 10.8. The number of benzene rings is 3. The van der Waals surface area contributed by atoms with Gasteiger partial charge in [-0.1, -0.05) is 212 Å². The molecule has 4 rings (SSSR count). The van der Waals surface area contributed by atoms with E-state index in [1.54, 1.807) is 5.20 Å². The molecule has 0 aromatic heterocycles. The van der Waals surface area contributed by atoms with Crippen LogP contribution >= 0.6 is 0 Å². The van der Waals surface area contributed by atoms with Gasteiger partial charge in [-0.2, -0.15) is 0 Å². The monoisotopic (exact) mass is 717 g/mol. The molecular formula is C51H76Si. The first kappa shape index (κ1) is 42.1. The van der Waals surface area contributed by atoms with Gasteiger partial charge in [0.05, 0.1) is 0 Å². The van der Waals surface area contributed by atoms with Crippen LogP contribution in [0, 0.1) is 5.41 Å². The fourth-order valence-electron chi connectivity index (χ4n) is 7.68. The van der Waals surface area contributed by atoms with E-state index in [1.165, 1.54) is 54.5 Å². The molecule has 1 heteroatoms. The molecule has 0 amide bonds. The van der Waals surface area contributed by atoms with Gasteiger partial charge in [0.1, 0.15) is 0 Å². The SMILES string of the molecule is CC(C)(C)C1=CCC=C1[Si](c1cc(C(C)(C)C)cc(C(C)(C)C)c1)(c1cc(C(C)(C)C)cc(C(C)(C)C)c1)c1cc(C(C)(C)C)cc(C(C)(C)C)c1. The van der Waals surface area contributed by atoms with E-state index in [0.717, 1.165) is 6.42 Å². The first-order chi connectivity index (χ1) is 23.2. The summed E-state index contributed by atoms with van der Waals surface area (Å²) < 4.78 is 0. The summed E-state index contributed by atoms with van der Waals surface area (Å²) in [5.41, 5.74) is 10.1. The minimum atomic E-state index is -3.03. The van der Waals surface area contributed by atoms with Crippen molar-refractivity contribution in [2.24, 2.45) is 5.41 Å². The van der Waals surface area contributed by atoms with E-state index in [0.29, 0.717) is 0 Å². The van der Waals surface area contributed by atoms with Gasteiger partial charge >= 0.3 is 0 Å². The molecule has 0 N–H and O–H groups in total. The lowest BCUT2D eigenvalue weighted by Crippen LogP contribution is -2.70. The Morgan fingerprint density at radius 1 is 0.308 bits per heavy atom. The minimum Gasteiger partial charge on any atom is -0.0801 e. The highest BCUT2D eigenvalue weighted by molar-refractivity contribution is 7.16. The van der Waals surface area contributed by atoms with Crippen LogP contribution in [0.4, 0.5) is 0 Å². The van der Waals surface area contributed by atoms with Crippen molar-refractivity contribution in [1.82, 2.24) is 0 Å². The Hall–Kier alpha value is -2.64. The summed E-state index contributed by atoms with van der Waals surface area (Å²) >= 11 is 0. The van der Waals surface area contributed by atoms with Crippen LogP contribution in [0.2, 0.25) is 0 Å². The highest BCUT2D eigenvalue weighted by Gasteiger charge is 2.49. The molecule has 1 aliphatic carbocycles. The number of rotatable bonds is 4. The zero-order chi connectivity index (χ0) is 39.8. The number of allylic oxidation sites excluding steroid dienone is 4. The Morgan fingerprint density at radius 2 is 0.538 bits per heavy atom. The van der Waals surface area contributed by atoms with Gasteiger partial charge in [0, 0.05) is 0 Å². The standard InChI is InChI=1S/C51H76Si/c1-45(2,3)34-25-35(46(4,5)6)29-40(28-34)52(44-24-22-23-43(44)51(19,20)21,41-30-36(47(7,8)9)26-37(31-41)48(10,11)12)42-32-38(49(13,14)15)27-39(33-42)50(16,17)18/h23-33H,22H2,1-21H3. The number of hydrogen-bond acceptors (Lipinski definition) is 0. The van der Waals surface area contributed by atoms with E-state index < -0.39 is 8.07 Å². The first-order valence-electron chi connectivity index (χ1n) is 20.1. The lowest BCUT2D eigenvalue weighted by molar-refractivity contribution is 0.515. The van der Waals surface area contributed by atoms with Crippen molar-refractivity contribution in [1.29, 1.82) is 0 Å². The molecule has 0 bridgehead atoms. The summed E-state index contributed by atoms with van der Waals surface area (Å²) in [6.45, 7) is 50.4. The summed E-state index contributed by atoms with van der Waals surface area (Å²) in [5.74, 6) is 0. The third kappa shape index (κ3) is 8.51. The molecule has 0 aliphatic heterocycles. The van der Waals surface area contributed by atoms with E-state index in [9.17, 15) is 0 Å². The third-order valence-electron chi connectivity index (χ3n) is 11.4. The normalized spacial score (nSPS) is 15.6. The molecule has 0 unspecified atom stereocenters. The van der Waals surface area contributed by atoms with Gasteiger partial charge in [0.2, 0.25) is 0 Å². The van der Waals surface area contributed by atoms with Crippen LogP contribution in [-0.4, -0.2) is 8.07 Å². The molecule has 0 radical (unpaired) electrons. The topological polar surface area (TPSA) is 0 Å². The van der Waals surface area contributed by atoms with Gasteiger partial charge in [0.15, 0.2) is 8.07 Å². The summed E-state index contributed by atoms with van der Waals surface area (Å²) in [6.07, 6.45) is 6.19. The maximum atomic E-state index is 2.65. The van der Waals surface area contributed by atoms with Crippen molar-refractivity contribution < 1.29 is 0 Å². The van der Waals surface area contributed by atoms with Gasteiger partial charge in [-0.15, -0.1) is 0 Å². The molecule has 52 heavy (non-hydrogen) atoms. The van der Waals surface area contributed by atoms with Crippen molar-refractivity contribution in [2.75, 3.05) is 0 Å². The summed E-state index contributed by atoms with van der Waals surface area (Å²) in [5, 5.41) is 6.14. The van der Waals surface area contributed by atoms with E-state index >= 15 is 0 Å². The van der Waals surface area contributed by atoms with Crippen LogP contribution in [0.15, 0.2) is 77.5 Å². The van der Waals surface area contributed by atoms with Crippen molar-refractivity contribution in [2.45, 2.75) is 184 Å². The van der Waals surface area contributed by atoms with Gasteiger partial charge in [-0.25, -0.2) is 0 Å². The van der Waals surface area contributed by atoms with Crippen molar-refractivity contribution in [3.63, 3.8) is 0 Å². The van der Waals surface area contributed by atoms with E-state index in [-0.39, 0.29) is 37.9 Å². The average molecular weight is 717 g/mol.